The van der Waals surface area contributed by atoms with Crippen LogP contribution in [-0.4, -0.2) is 12.1 Å². The number of rotatable bonds is 4. The number of allylic oxidation sites excluding steroid dienone is 8. The summed E-state index contributed by atoms with van der Waals surface area (Å²) < 4.78 is 9.03. The van der Waals surface area contributed by atoms with Crippen molar-refractivity contribution < 1.29 is 15.7 Å². The van der Waals surface area contributed by atoms with E-state index in [1.807, 2.05) is 6.56 Å². The van der Waals surface area contributed by atoms with Crippen LogP contribution in [0, 0.1) is 0 Å². The Kier molecular flexibility index (Phi) is 8.12. The van der Waals surface area contributed by atoms with Crippen LogP contribution in [0.3, 0.4) is 0 Å². The first-order chi connectivity index (χ1) is 13.2. The molecule has 2 aliphatic carbocycles. The molecule has 0 saturated heterocycles. The Balaban J connectivity index is 0.00000160. The van der Waals surface area contributed by atoms with Gasteiger partial charge in [-0.2, -0.15) is 0 Å². The van der Waals surface area contributed by atoms with Gasteiger partial charge in [-0.25, -0.2) is 0 Å². The fourth-order valence-corrected chi connectivity index (χ4v) is 26.4. The molecule has 0 heterocycles. The zero-order valence-corrected chi connectivity index (χ0v) is 25.4. The van der Waals surface area contributed by atoms with Gasteiger partial charge in [-0.15, -0.1) is 24.8 Å². The summed E-state index contributed by atoms with van der Waals surface area (Å²) in [6, 6.07) is 21.9. The van der Waals surface area contributed by atoms with E-state index in [-0.39, 0.29) is 24.8 Å². The van der Waals surface area contributed by atoms with Gasteiger partial charge in [0.1, 0.15) is 0 Å². The summed E-state index contributed by atoms with van der Waals surface area (Å²) in [5, 5.41) is 0. The molecule has 30 heavy (non-hydrogen) atoms. The van der Waals surface area contributed by atoms with Gasteiger partial charge in [-0.3, -0.25) is 0 Å². The maximum Gasteiger partial charge on any atom is -0.147 e. The first kappa shape index (κ1) is 25.7. The summed E-state index contributed by atoms with van der Waals surface area (Å²) in [5.74, 6) is 0. The second kappa shape index (κ2) is 9.49. The third-order valence-electron chi connectivity index (χ3n) is 6.69. The Morgan fingerprint density at radius 2 is 0.967 bits per heavy atom. The van der Waals surface area contributed by atoms with E-state index in [1.54, 1.807) is 11.1 Å². The maximum atomic E-state index is 2.70. The van der Waals surface area contributed by atoms with Crippen molar-refractivity contribution >= 4 is 48.1 Å². The minimum atomic E-state index is -3.10. The molecule has 158 valence electrons. The Labute approximate surface area is 199 Å². The van der Waals surface area contributed by atoms with Crippen LogP contribution in [0.25, 0.3) is 11.1 Å². The van der Waals surface area contributed by atoms with Crippen LogP contribution in [0.2, 0.25) is 9.26 Å². The second-order valence-electron chi connectivity index (χ2n) is 9.43. The summed E-state index contributed by atoms with van der Waals surface area (Å²) >= 11 is -1.66. The zero-order valence-electron chi connectivity index (χ0n) is 18.4. The van der Waals surface area contributed by atoms with Gasteiger partial charge in [0.2, 0.25) is 0 Å². The van der Waals surface area contributed by atoms with Crippen molar-refractivity contribution in [3.63, 3.8) is 0 Å². The molecular weight excluding hydrogens is 547 g/mol. The molecule has 0 aromatic heterocycles. The van der Waals surface area contributed by atoms with Crippen molar-refractivity contribution in [1.29, 1.82) is 0 Å². The summed E-state index contributed by atoms with van der Waals surface area (Å²) in [5.41, 5.74) is 8.91. The molecule has 0 N–H and O–H groups in total. The summed E-state index contributed by atoms with van der Waals surface area (Å²) in [4.78, 5) is 0. The molecule has 4 rings (SSSR count). The molecule has 0 saturated carbocycles. The van der Waals surface area contributed by atoms with E-state index in [0.717, 1.165) is 12.8 Å². The van der Waals surface area contributed by atoms with Crippen LogP contribution in [0.4, 0.5) is 0 Å². The van der Waals surface area contributed by atoms with E-state index >= 15 is 0 Å². The van der Waals surface area contributed by atoms with E-state index in [4.69, 9.17) is 0 Å². The third-order valence-corrected chi connectivity index (χ3v) is 29.6. The van der Waals surface area contributed by atoms with Gasteiger partial charge in [-0.1, -0.05) is 0 Å². The molecule has 0 atom stereocenters. The average Bonchev–Trinajstić information content (AvgIpc) is 3.27. The molecule has 0 nitrogen and oxygen atoms in total. The largest absolute Gasteiger partial charge is 0.147 e. The Hall–Kier alpha value is -0.594. The topological polar surface area (TPSA) is 0 Å². The zero-order chi connectivity index (χ0) is 20.0. The first-order valence-electron chi connectivity index (χ1n) is 10.2. The summed E-state index contributed by atoms with van der Waals surface area (Å²) in [6.07, 6.45) is 7.26. The fraction of sp³-hybridized carbons (Fsp3) is 0.231. The van der Waals surface area contributed by atoms with E-state index in [9.17, 15) is 0 Å². The van der Waals surface area contributed by atoms with Crippen LogP contribution in [0.15, 0.2) is 90.5 Å². The van der Waals surface area contributed by atoms with Crippen molar-refractivity contribution in [2.75, 3.05) is 0 Å². The SMILES string of the molecule is CC1=[C]([Zr]([CH3])([CH3])(=[GeH2])[C]2=C(C)C=C(c3ccccc3)C2)CC(c2ccccc2)=C1.Cl.Cl. The van der Waals surface area contributed by atoms with Gasteiger partial charge in [0, 0.05) is 0 Å². The molecule has 0 spiro atoms. The van der Waals surface area contributed by atoms with Gasteiger partial charge >= 0.3 is 177 Å². The van der Waals surface area contributed by atoms with Crippen molar-refractivity contribution in [3.05, 3.63) is 102 Å². The molecule has 0 amide bonds. The predicted molar refractivity (Wildman–Crippen MR) is 138 cm³/mol. The minimum Gasteiger partial charge on any atom is -0.147 e. The van der Waals surface area contributed by atoms with Crippen LogP contribution < -0.4 is 0 Å². The summed E-state index contributed by atoms with van der Waals surface area (Å²) in [6.45, 7) is 4.72. The number of benzene rings is 2. The fourth-order valence-electron chi connectivity index (χ4n) is 5.15. The molecule has 0 aliphatic heterocycles. The molecule has 2 aliphatic rings. The number of hydrogen-bond donors (Lipinski definition) is 0. The van der Waals surface area contributed by atoms with Gasteiger partial charge in [-0.05, 0) is 0 Å². The van der Waals surface area contributed by atoms with Crippen LogP contribution in [-0.2, 0) is 15.7 Å². The smallest absolute Gasteiger partial charge is 0.147 e. The van der Waals surface area contributed by atoms with Gasteiger partial charge in [0.05, 0.1) is 0 Å². The monoisotopic (exact) mass is 578 g/mol. The van der Waals surface area contributed by atoms with E-state index in [2.05, 4.69) is 95.9 Å². The van der Waals surface area contributed by atoms with Crippen LogP contribution in [0.1, 0.15) is 37.8 Å². The first-order valence-corrected chi connectivity index (χ1v) is 28.1. The Morgan fingerprint density at radius 1 is 0.633 bits per heavy atom. The molecule has 2 aromatic carbocycles. The molecule has 0 radical (unpaired) electrons. The number of hydrogen-bond acceptors (Lipinski definition) is 0. The minimum absolute atomic E-state index is 0. The summed E-state index contributed by atoms with van der Waals surface area (Å²) in [7, 11) is 0. The predicted octanol–water partition coefficient (Wildman–Crippen LogP) is 7.69. The van der Waals surface area contributed by atoms with Gasteiger partial charge in [0.25, 0.3) is 0 Å². The standard InChI is InChI=1S/2C12H11.2CH3.2ClH.GeH2.Zr/c2*1-10-7-8-12(9-10)11-5-3-2-4-6-11;;;;;;/h2*2-6,9H,8H2,1H3;2*1H3;2*1H;1H2;. The van der Waals surface area contributed by atoms with E-state index in [1.165, 1.54) is 34.4 Å². The number of halogens is 2. The molecule has 0 bridgehead atoms. The van der Waals surface area contributed by atoms with Crippen LogP contribution >= 0.6 is 24.8 Å². The third kappa shape index (κ3) is 4.75. The molecule has 0 fully saturated rings. The second-order valence-corrected chi connectivity index (χ2v) is 51.9. The quantitative estimate of drug-likeness (QED) is 0.326. The van der Waals surface area contributed by atoms with Crippen molar-refractivity contribution in [2.24, 2.45) is 0 Å². The Morgan fingerprint density at radius 3 is 1.30 bits per heavy atom. The molecule has 2 aromatic rings. The average molecular weight is 579 g/mol. The van der Waals surface area contributed by atoms with Crippen molar-refractivity contribution in [2.45, 2.75) is 36.0 Å². The van der Waals surface area contributed by atoms with Gasteiger partial charge < -0.3 is 0 Å². The van der Waals surface area contributed by atoms with Crippen molar-refractivity contribution in [3.8, 4) is 0 Å². The van der Waals surface area contributed by atoms with E-state index in [0.29, 0.717) is 0 Å². The Bertz CT molecular complexity index is 1040. The van der Waals surface area contributed by atoms with Gasteiger partial charge in [0.15, 0.2) is 0 Å². The van der Waals surface area contributed by atoms with E-state index < -0.39 is 15.7 Å². The molecule has 0 unspecified atom stereocenters. The normalized spacial score (nSPS) is 16.7. The molecular formula is C26H32Cl2GeZr. The van der Waals surface area contributed by atoms with Crippen molar-refractivity contribution in [1.82, 2.24) is 0 Å². The molecule has 4 heteroatoms. The van der Waals surface area contributed by atoms with Crippen LogP contribution in [0.5, 0.6) is 0 Å². The maximum absolute atomic E-state index is 3.10.